The Bertz CT molecular complexity index is 538. The van der Waals surface area contributed by atoms with E-state index in [0.717, 1.165) is 19.4 Å². The van der Waals surface area contributed by atoms with E-state index in [4.69, 9.17) is 5.11 Å². The van der Waals surface area contributed by atoms with Gasteiger partial charge < -0.3 is 10.4 Å². The van der Waals surface area contributed by atoms with Crippen molar-refractivity contribution in [2.75, 3.05) is 6.61 Å². The van der Waals surface area contributed by atoms with Crippen molar-refractivity contribution in [2.45, 2.75) is 38.8 Å². The Morgan fingerprint density at radius 2 is 1.84 bits per heavy atom. The van der Waals surface area contributed by atoms with E-state index in [9.17, 15) is 0 Å². The molecule has 2 aromatic carbocycles. The smallest absolute Gasteiger partial charge is 0.0448 e. The van der Waals surface area contributed by atoms with Crippen LogP contribution in [0.2, 0.25) is 0 Å². The standard InChI is InChI=1S/C17H23NO/c1-3-17(2,10-11-19)18-13-14-8-9-15-6-4-5-7-16(15)12-14/h4-9,12,18-19H,3,10-11,13H2,1-2H3. The second-order valence-electron chi connectivity index (χ2n) is 5.42. The zero-order valence-electron chi connectivity index (χ0n) is 11.8. The second-order valence-corrected chi connectivity index (χ2v) is 5.42. The molecular formula is C17H23NO. The topological polar surface area (TPSA) is 32.3 Å². The summed E-state index contributed by atoms with van der Waals surface area (Å²) in [6, 6.07) is 15.0. The Hall–Kier alpha value is -1.38. The van der Waals surface area contributed by atoms with Crippen molar-refractivity contribution in [3.05, 3.63) is 48.0 Å². The van der Waals surface area contributed by atoms with Gasteiger partial charge in [0.1, 0.15) is 0 Å². The molecule has 0 aromatic heterocycles. The Kier molecular flexibility index (Phi) is 4.56. The fourth-order valence-electron chi connectivity index (χ4n) is 2.30. The summed E-state index contributed by atoms with van der Waals surface area (Å²) in [6.45, 7) is 5.40. The zero-order valence-corrected chi connectivity index (χ0v) is 11.8. The van der Waals surface area contributed by atoms with Crippen molar-refractivity contribution < 1.29 is 5.11 Å². The highest BCUT2D eigenvalue weighted by atomic mass is 16.3. The van der Waals surface area contributed by atoms with Crippen molar-refractivity contribution in [3.8, 4) is 0 Å². The monoisotopic (exact) mass is 257 g/mol. The molecule has 2 aromatic rings. The van der Waals surface area contributed by atoms with Crippen LogP contribution in [-0.2, 0) is 6.54 Å². The van der Waals surface area contributed by atoms with Gasteiger partial charge in [0.2, 0.25) is 0 Å². The van der Waals surface area contributed by atoms with Crippen molar-refractivity contribution >= 4 is 10.8 Å². The summed E-state index contributed by atoms with van der Waals surface area (Å²) in [6.07, 6.45) is 1.80. The van der Waals surface area contributed by atoms with Crippen LogP contribution in [0.25, 0.3) is 10.8 Å². The quantitative estimate of drug-likeness (QED) is 0.830. The van der Waals surface area contributed by atoms with Crippen LogP contribution in [0.5, 0.6) is 0 Å². The van der Waals surface area contributed by atoms with E-state index < -0.39 is 0 Å². The molecule has 102 valence electrons. The SMILES string of the molecule is CCC(C)(CCO)NCc1ccc2ccccc2c1. The van der Waals surface area contributed by atoms with Gasteiger partial charge in [0.25, 0.3) is 0 Å². The van der Waals surface area contributed by atoms with Crippen LogP contribution in [0.4, 0.5) is 0 Å². The molecule has 2 N–H and O–H groups in total. The Morgan fingerprint density at radius 3 is 2.53 bits per heavy atom. The fourth-order valence-corrected chi connectivity index (χ4v) is 2.30. The Balaban J connectivity index is 2.09. The van der Waals surface area contributed by atoms with Crippen LogP contribution in [0.3, 0.4) is 0 Å². The minimum atomic E-state index is 0.0143. The maximum atomic E-state index is 9.13. The molecule has 1 atom stereocenters. The molecule has 0 saturated heterocycles. The van der Waals surface area contributed by atoms with Gasteiger partial charge in [-0.15, -0.1) is 0 Å². The number of aliphatic hydroxyl groups excluding tert-OH is 1. The van der Waals surface area contributed by atoms with Crippen molar-refractivity contribution in [3.63, 3.8) is 0 Å². The summed E-state index contributed by atoms with van der Waals surface area (Å²) in [5.41, 5.74) is 1.30. The molecule has 2 nitrogen and oxygen atoms in total. The lowest BCUT2D eigenvalue weighted by Gasteiger charge is -2.29. The van der Waals surface area contributed by atoms with Gasteiger partial charge in [-0.3, -0.25) is 0 Å². The number of nitrogens with one attached hydrogen (secondary N) is 1. The maximum absolute atomic E-state index is 9.13. The van der Waals surface area contributed by atoms with Gasteiger partial charge in [-0.25, -0.2) is 0 Å². The minimum Gasteiger partial charge on any atom is -0.396 e. The van der Waals surface area contributed by atoms with Crippen LogP contribution in [0.1, 0.15) is 32.3 Å². The van der Waals surface area contributed by atoms with E-state index >= 15 is 0 Å². The summed E-state index contributed by atoms with van der Waals surface area (Å²) in [4.78, 5) is 0. The first-order valence-corrected chi connectivity index (χ1v) is 7.00. The molecule has 0 saturated carbocycles. The van der Waals surface area contributed by atoms with Gasteiger partial charge >= 0.3 is 0 Å². The van der Waals surface area contributed by atoms with Gasteiger partial charge in [0.05, 0.1) is 0 Å². The Morgan fingerprint density at radius 1 is 1.11 bits per heavy atom. The van der Waals surface area contributed by atoms with E-state index in [2.05, 4.69) is 61.6 Å². The number of rotatable bonds is 6. The highest BCUT2D eigenvalue weighted by molar-refractivity contribution is 5.82. The summed E-state index contributed by atoms with van der Waals surface area (Å²) < 4.78 is 0. The first kappa shape index (κ1) is 14.0. The molecule has 19 heavy (non-hydrogen) atoms. The average molecular weight is 257 g/mol. The second kappa shape index (κ2) is 6.18. The lowest BCUT2D eigenvalue weighted by atomic mass is 9.94. The van der Waals surface area contributed by atoms with E-state index in [-0.39, 0.29) is 12.1 Å². The van der Waals surface area contributed by atoms with Crippen molar-refractivity contribution in [1.82, 2.24) is 5.32 Å². The number of fused-ring (bicyclic) bond motifs is 1. The van der Waals surface area contributed by atoms with Gasteiger partial charge in [-0.2, -0.15) is 0 Å². The van der Waals surface area contributed by atoms with Crippen molar-refractivity contribution in [2.24, 2.45) is 0 Å². The lowest BCUT2D eigenvalue weighted by Crippen LogP contribution is -2.42. The molecule has 0 heterocycles. The highest BCUT2D eigenvalue weighted by Gasteiger charge is 2.20. The van der Waals surface area contributed by atoms with Crippen LogP contribution >= 0.6 is 0 Å². The molecule has 0 aliphatic heterocycles. The molecule has 0 spiro atoms. The maximum Gasteiger partial charge on any atom is 0.0448 e. The zero-order chi connectivity index (χ0) is 13.7. The third-order valence-corrected chi connectivity index (χ3v) is 3.98. The Labute approximate surface area is 115 Å². The van der Waals surface area contributed by atoms with E-state index in [0.29, 0.717) is 0 Å². The predicted molar refractivity (Wildman–Crippen MR) is 81.2 cm³/mol. The van der Waals surface area contributed by atoms with Crippen molar-refractivity contribution in [1.29, 1.82) is 0 Å². The third kappa shape index (κ3) is 3.55. The van der Waals surface area contributed by atoms with E-state index in [1.165, 1.54) is 16.3 Å². The van der Waals surface area contributed by atoms with Crippen LogP contribution in [0, 0.1) is 0 Å². The van der Waals surface area contributed by atoms with Gasteiger partial charge in [-0.1, -0.05) is 43.3 Å². The number of hydrogen-bond donors (Lipinski definition) is 2. The number of benzene rings is 2. The first-order valence-electron chi connectivity index (χ1n) is 7.00. The highest BCUT2D eigenvalue weighted by Crippen LogP contribution is 2.18. The minimum absolute atomic E-state index is 0.0143. The molecule has 0 fully saturated rings. The van der Waals surface area contributed by atoms with Gasteiger partial charge in [0, 0.05) is 18.7 Å². The van der Waals surface area contributed by atoms with Crippen LogP contribution < -0.4 is 5.32 Å². The van der Waals surface area contributed by atoms with Crippen LogP contribution in [0.15, 0.2) is 42.5 Å². The first-order chi connectivity index (χ1) is 9.17. The predicted octanol–water partition coefficient (Wildman–Crippen LogP) is 3.48. The van der Waals surface area contributed by atoms with E-state index in [1.54, 1.807) is 0 Å². The summed E-state index contributed by atoms with van der Waals surface area (Å²) in [5.74, 6) is 0. The molecule has 0 amide bonds. The summed E-state index contributed by atoms with van der Waals surface area (Å²) in [7, 11) is 0. The molecular weight excluding hydrogens is 234 g/mol. The third-order valence-electron chi connectivity index (χ3n) is 3.98. The summed E-state index contributed by atoms with van der Waals surface area (Å²) in [5, 5.41) is 15.3. The van der Waals surface area contributed by atoms with Gasteiger partial charge in [0.15, 0.2) is 0 Å². The molecule has 2 rings (SSSR count). The molecule has 0 bridgehead atoms. The summed E-state index contributed by atoms with van der Waals surface area (Å²) >= 11 is 0. The molecule has 0 radical (unpaired) electrons. The van der Waals surface area contributed by atoms with Gasteiger partial charge in [-0.05, 0) is 42.2 Å². The average Bonchev–Trinajstić information content (AvgIpc) is 2.45. The number of hydrogen-bond acceptors (Lipinski definition) is 2. The molecule has 0 aliphatic carbocycles. The molecule has 1 unspecified atom stereocenters. The lowest BCUT2D eigenvalue weighted by molar-refractivity contribution is 0.214. The normalized spacial score (nSPS) is 14.5. The molecule has 2 heteroatoms. The fraction of sp³-hybridized carbons (Fsp3) is 0.412. The van der Waals surface area contributed by atoms with Crippen LogP contribution in [-0.4, -0.2) is 17.3 Å². The molecule has 0 aliphatic rings. The largest absolute Gasteiger partial charge is 0.396 e. The number of aliphatic hydroxyl groups is 1. The van der Waals surface area contributed by atoms with E-state index in [1.807, 2.05) is 0 Å².